The van der Waals surface area contributed by atoms with E-state index in [2.05, 4.69) is 17.1 Å². The Hall–Kier alpha value is -2.36. The second kappa shape index (κ2) is 8.64. The molecule has 4 rings (SSSR count). The zero-order valence-electron chi connectivity index (χ0n) is 17.9. The van der Waals surface area contributed by atoms with Gasteiger partial charge >= 0.3 is 0 Å². The van der Waals surface area contributed by atoms with Crippen LogP contribution in [0.2, 0.25) is 0 Å². The van der Waals surface area contributed by atoms with Crippen molar-refractivity contribution in [2.75, 3.05) is 24.2 Å². The van der Waals surface area contributed by atoms with Crippen molar-refractivity contribution < 1.29 is 13.2 Å². The number of thiazole rings is 1. The van der Waals surface area contributed by atoms with Crippen LogP contribution in [0.3, 0.4) is 0 Å². The van der Waals surface area contributed by atoms with Crippen molar-refractivity contribution in [3.8, 4) is 0 Å². The molecule has 2 aromatic heterocycles. The molecule has 1 unspecified atom stereocenters. The van der Waals surface area contributed by atoms with E-state index in [4.69, 9.17) is 4.98 Å². The minimum absolute atomic E-state index is 0.0920. The lowest BCUT2D eigenvalue weighted by atomic mass is 9.98. The van der Waals surface area contributed by atoms with Gasteiger partial charge in [0.15, 0.2) is 5.13 Å². The van der Waals surface area contributed by atoms with E-state index < -0.39 is 15.9 Å². The average Bonchev–Trinajstić information content (AvgIpc) is 3.16. The van der Waals surface area contributed by atoms with Gasteiger partial charge in [-0.15, -0.1) is 0 Å². The fraction of sp³-hybridized carbons (Fsp3) is 0.409. The lowest BCUT2D eigenvalue weighted by molar-refractivity contribution is -0.123. The van der Waals surface area contributed by atoms with Crippen molar-refractivity contribution in [2.45, 2.75) is 33.2 Å². The first-order valence-corrected chi connectivity index (χ1v) is 12.9. The summed E-state index contributed by atoms with van der Waals surface area (Å²) in [6.07, 6.45) is 5.98. The van der Waals surface area contributed by atoms with Gasteiger partial charge < -0.3 is 0 Å². The van der Waals surface area contributed by atoms with E-state index >= 15 is 0 Å². The summed E-state index contributed by atoms with van der Waals surface area (Å²) >= 11 is 1.49. The van der Waals surface area contributed by atoms with Gasteiger partial charge in [-0.1, -0.05) is 23.5 Å². The molecule has 0 bridgehead atoms. The largest absolute Gasteiger partial charge is 0.283 e. The number of hydrogen-bond acceptors (Lipinski definition) is 6. The van der Waals surface area contributed by atoms with Crippen LogP contribution >= 0.6 is 11.3 Å². The highest BCUT2D eigenvalue weighted by Gasteiger charge is 2.34. The summed E-state index contributed by atoms with van der Waals surface area (Å²) in [5.74, 6) is -0.486. The molecule has 0 aliphatic carbocycles. The summed E-state index contributed by atoms with van der Waals surface area (Å²) < 4.78 is 26.6. The number of carbonyl (C=O) groups is 1. The van der Waals surface area contributed by atoms with Crippen LogP contribution in [-0.4, -0.2) is 47.9 Å². The normalized spacial score (nSPS) is 17.7. The Bertz CT molecular complexity index is 1210. The smallest absolute Gasteiger partial charge is 0.233 e. The van der Waals surface area contributed by atoms with Crippen molar-refractivity contribution >= 4 is 42.6 Å². The molecule has 0 N–H and O–H groups in total. The van der Waals surface area contributed by atoms with E-state index in [1.165, 1.54) is 21.9 Å². The number of piperidine rings is 1. The van der Waals surface area contributed by atoms with E-state index in [9.17, 15) is 13.2 Å². The van der Waals surface area contributed by atoms with Gasteiger partial charge in [0.2, 0.25) is 15.9 Å². The van der Waals surface area contributed by atoms with Crippen molar-refractivity contribution in [3.63, 3.8) is 0 Å². The molecule has 1 saturated heterocycles. The average molecular weight is 459 g/mol. The zero-order valence-corrected chi connectivity index (χ0v) is 19.5. The van der Waals surface area contributed by atoms with E-state index in [0.717, 1.165) is 26.9 Å². The molecule has 0 radical (unpaired) electrons. The summed E-state index contributed by atoms with van der Waals surface area (Å²) in [5, 5.41) is 0.633. The number of carbonyl (C=O) groups excluding carboxylic acids is 1. The molecule has 31 heavy (non-hydrogen) atoms. The lowest BCUT2D eigenvalue weighted by Crippen LogP contribution is -2.46. The van der Waals surface area contributed by atoms with Crippen molar-refractivity contribution in [1.82, 2.24) is 14.3 Å². The summed E-state index contributed by atoms with van der Waals surface area (Å²) in [4.78, 5) is 24.3. The van der Waals surface area contributed by atoms with Crippen molar-refractivity contribution in [1.29, 1.82) is 0 Å². The quantitative estimate of drug-likeness (QED) is 0.584. The van der Waals surface area contributed by atoms with Gasteiger partial charge in [0.05, 0.1) is 28.9 Å². The van der Waals surface area contributed by atoms with Gasteiger partial charge in [-0.2, -0.15) is 0 Å². The van der Waals surface area contributed by atoms with Crippen molar-refractivity contribution in [3.05, 3.63) is 53.3 Å². The van der Waals surface area contributed by atoms with Gasteiger partial charge in [0.1, 0.15) is 0 Å². The third-order valence-electron chi connectivity index (χ3n) is 5.58. The van der Waals surface area contributed by atoms with E-state index in [1.807, 2.05) is 26.0 Å². The zero-order chi connectivity index (χ0) is 22.2. The molecule has 1 aromatic carbocycles. The Morgan fingerprint density at radius 1 is 1.32 bits per heavy atom. The molecule has 3 heterocycles. The predicted molar refractivity (Wildman–Crippen MR) is 124 cm³/mol. The van der Waals surface area contributed by atoms with Crippen LogP contribution in [0.1, 0.15) is 29.5 Å². The van der Waals surface area contributed by atoms with Gasteiger partial charge in [-0.05, 0) is 55.5 Å². The minimum atomic E-state index is -3.33. The van der Waals surface area contributed by atoms with E-state index in [0.29, 0.717) is 31.1 Å². The summed E-state index contributed by atoms with van der Waals surface area (Å²) in [5.41, 5.74) is 4.03. The van der Waals surface area contributed by atoms with Crippen LogP contribution in [0.15, 0.2) is 36.7 Å². The molecule has 0 saturated carbocycles. The Morgan fingerprint density at radius 2 is 2.13 bits per heavy atom. The molecule has 7 nitrogen and oxygen atoms in total. The number of nitrogens with zero attached hydrogens (tertiary/aromatic N) is 4. The predicted octanol–water partition coefficient (Wildman–Crippen LogP) is 3.51. The number of pyridine rings is 1. The molecule has 1 aliphatic rings. The van der Waals surface area contributed by atoms with Gasteiger partial charge in [0, 0.05) is 25.5 Å². The highest BCUT2D eigenvalue weighted by Crippen LogP contribution is 2.34. The van der Waals surface area contributed by atoms with Gasteiger partial charge in [-0.3, -0.25) is 14.7 Å². The minimum Gasteiger partial charge on any atom is -0.283 e. The molecule has 1 fully saturated rings. The molecular weight excluding hydrogens is 432 g/mol. The maximum atomic E-state index is 13.7. The fourth-order valence-electron chi connectivity index (χ4n) is 4.05. The van der Waals surface area contributed by atoms with E-state index in [-0.39, 0.29) is 12.5 Å². The van der Waals surface area contributed by atoms with Crippen molar-refractivity contribution in [2.24, 2.45) is 5.92 Å². The monoisotopic (exact) mass is 458 g/mol. The number of amides is 1. The Balaban J connectivity index is 1.71. The number of rotatable bonds is 5. The van der Waals surface area contributed by atoms with Gasteiger partial charge in [-0.25, -0.2) is 17.7 Å². The van der Waals surface area contributed by atoms with Crippen LogP contribution in [-0.2, 0) is 21.4 Å². The van der Waals surface area contributed by atoms with Gasteiger partial charge in [0.25, 0.3) is 0 Å². The number of aromatic nitrogens is 2. The topological polar surface area (TPSA) is 83.5 Å². The Labute approximate surface area is 186 Å². The molecular formula is C22H26N4O3S2. The number of anilines is 1. The third-order valence-corrected chi connectivity index (χ3v) is 7.88. The number of benzene rings is 1. The number of fused-ring (bicyclic) bond motifs is 1. The maximum Gasteiger partial charge on any atom is 0.233 e. The van der Waals surface area contributed by atoms with Crippen LogP contribution in [0, 0.1) is 19.8 Å². The molecule has 3 aromatic rings. The fourth-order valence-corrected chi connectivity index (χ4v) is 6.11. The highest BCUT2D eigenvalue weighted by atomic mass is 32.2. The van der Waals surface area contributed by atoms with Crippen LogP contribution in [0.25, 0.3) is 10.2 Å². The van der Waals surface area contributed by atoms with Crippen LogP contribution in [0.4, 0.5) is 5.13 Å². The molecule has 1 amide bonds. The summed E-state index contributed by atoms with van der Waals surface area (Å²) in [6, 6.07) is 7.95. The standard InChI is InChI=1S/C22H26N4O3S2/c1-15-10-16(2)20-19(11-15)30-22(24-20)26(13-17-6-4-8-23-12-17)21(27)18-7-5-9-25(14-18)31(3,28)29/h4,6,8,10-12,18H,5,7,9,13-14H2,1-3H3. The molecule has 164 valence electrons. The molecule has 1 aliphatic heterocycles. The maximum absolute atomic E-state index is 13.7. The molecule has 0 spiro atoms. The highest BCUT2D eigenvalue weighted by molar-refractivity contribution is 7.88. The number of sulfonamides is 1. The first-order chi connectivity index (χ1) is 14.7. The third kappa shape index (κ3) is 4.78. The van der Waals surface area contributed by atoms with Crippen LogP contribution < -0.4 is 4.90 Å². The first-order valence-electron chi connectivity index (χ1n) is 10.3. The number of aryl methyl sites for hydroxylation is 2. The summed E-state index contributed by atoms with van der Waals surface area (Å²) in [6.45, 7) is 5.10. The summed E-state index contributed by atoms with van der Waals surface area (Å²) in [7, 11) is -3.33. The molecule has 9 heteroatoms. The molecule has 1 atom stereocenters. The second-order valence-corrected chi connectivity index (χ2v) is 11.2. The SMILES string of the molecule is Cc1cc(C)c2nc(N(Cc3cccnc3)C(=O)C3CCCN(S(C)(=O)=O)C3)sc2c1. The number of hydrogen-bond donors (Lipinski definition) is 0. The first kappa shape index (κ1) is 21.9. The van der Waals surface area contributed by atoms with Crippen LogP contribution in [0.5, 0.6) is 0 Å². The van der Waals surface area contributed by atoms with E-state index in [1.54, 1.807) is 17.3 Å². The Morgan fingerprint density at radius 3 is 2.84 bits per heavy atom. The lowest BCUT2D eigenvalue weighted by Gasteiger charge is -2.33. The second-order valence-electron chi connectivity index (χ2n) is 8.17. The Kier molecular flexibility index (Phi) is 6.09.